The summed E-state index contributed by atoms with van der Waals surface area (Å²) in [5, 5.41) is 48.7. The number of carbonyl (C=O) groups excluding carboxylic acids is 2. The van der Waals surface area contributed by atoms with E-state index in [1.54, 1.807) is 19.9 Å². The predicted molar refractivity (Wildman–Crippen MR) is 118 cm³/mol. The highest BCUT2D eigenvalue weighted by atomic mass is 16.7. The van der Waals surface area contributed by atoms with Crippen LogP contribution in [0.4, 0.5) is 0 Å². The van der Waals surface area contributed by atoms with Gasteiger partial charge in [0.15, 0.2) is 0 Å². The van der Waals surface area contributed by atoms with E-state index in [4.69, 9.17) is 18.6 Å². The molecule has 4 N–H and O–H groups in total. The molecule has 2 saturated carbocycles. The third kappa shape index (κ3) is 2.00. The molecule has 6 fully saturated rings. The van der Waals surface area contributed by atoms with Crippen molar-refractivity contribution < 1.29 is 48.6 Å². The smallest absolute Gasteiger partial charge is 0.309 e. The maximum absolute atomic E-state index is 13.0. The zero-order valence-corrected chi connectivity index (χ0v) is 20.5. The van der Waals surface area contributed by atoms with Gasteiger partial charge in [-0.25, -0.2) is 0 Å². The standard InChI is InChI=1S/C26H32O10/c1-20(2)15-8-16(27)34-12-22(15)14-4-6-21(3)18(13-5-7-33-10-13)35-17(28)9-25(21,31)24(14)11-23(30,19(20)29)26(22,32)36-24/h5,7,10,14-15,18-19,29-32H,4,6,8-9,11-12H2,1-3H3/t14-,15+,18+,19+,21+,22-,23-,24-,25+,26-/m1/s1. The number of aliphatic hydroxyl groups is 4. The van der Waals surface area contributed by atoms with Crippen molar-refractivity contribution in [1.29, 1.82) is 0 Å². The normalized spacial score (nSPS) is 56.3. The van der Waals surface area contributed by atoms with Gasteiger partial charge in [0.25, 0.3) is 0 Å². The van der Waals surface area contributed by atoms with Gasteiger partial charge in [-0.2, -0.15) is 0 Å². The number of ether oxygens (including phenoxy) is 3. The second-order valence-electron chi connectivity index (χ2n) is 12.9. The van der Waals surface area contributed by atoms with Crippen molar-refractivity contribution in [1.82, 2.24) is 0 Å². The predicted octanol–water partition coefficient (Wildman–Crippen LogP) is 0.958. The maximum Gasteiger partial charge on any atom is 0.309 e. The Morgan fingerprint density at radius 1 is 1.06 bits per heavy atom. The largest absolute Gasteiger partial charge is 0.472 e. The lowest BCUT2D eigenvalue weighted by Crippen LogP contribution is -2.83. The molecule has 0 radical (unpaired) electrons. The molecule has 2 aliphatic carbocycles. The van der Waals surface area contributed by atoms with Gasteiger partial charge in [-0.05, 0) is 30.2 Å². The van der Waals surface area contributed by atoms with Crippen molar-refractivity contribution in [3.05, 3.63) is 24.2 Å². The molecule has 0 aromatic carbocycles. The Morgan fingerprint density at radius 2 is 1.81 bits per heavy atom. The summed E-state index contributed by atoms with van der Waals surface area (Å²) in [5.74, 6) is -4.51. The maximum atomic E-state index is 13.0. The van der Waals surface area contributed by atoms with E-state index in [9.17, 15) is 30.0 Å². The van der Waals surface area contributed by atoms with Crippen molar-refractivity contribution in [2.45, 2.75) is 87.7 Å². The molecule has 7 rings (SSSR count). The summed E-state index contributed by atoms with van der Waals surface area (Å²) in [7, 11) is 0. The molecule has 6 aliphatic rings. The molecule has 4 aliphatic heterocycles. The molecule has 1 aromatic rings. The number of cyclic esters (lactones) is 2. The van der Waals surface area contributed by atoms with Gasteiger partial charge in [-0.1, -0.05) is 20.8 Å². The van der Waals surface area contributed by atoms with Crippen LogP contribution in [0, 0.1) is 28.1 Å². The molecule has 1 aromatic heterocycles. The molecule has 5 heterocycles. The van der Waals surface area contributed by atoms with Crippen LogP contribution >= 0.6 is 0 Å². The van der Waals surface area contributed by atoms with E-state index in [2.05, 4.69) is 0 Å². The average Bonchev–Trinajstić information content (AvgIpc) is 3.47. The lowest BCUT2D eigenvalue weighted by atomic mass is 9.34. The summed E-state index contributed by atoms with van der Waals surface area (Å²) in [6.45, 7) is 5.19. The first-order valence-electron chi connectivity index (χ1n) is 12.7. The Bertz CT molecular complexity index is 1180. The highest BCUT2D eigenvalue weighted by molar-refractivity contribution is 5.74. The van der Waals surface area contributed by atoms with E-state index < -0.39 is 81.2 Å². The number of aliphatic hydroxyl groups excluding tert-OH is 1. The minimum absolute atomic E-state index is 0.0617. The molecule has 196 valence electrons. The molecular weight excluding hydrogens is 472 g/mol. The average molecular weight is 505 g/mol. The summed E-state index contributed by atoms with van der Waals surface area (Å²) in [6.07, 6.45) is 0.783. The fraction of sp³-hybridized carbons (Fsp3) is 0.769. The van der Waals surface area contributed by atoms with E-state index in [0.29, 0.717) is 18.4 Å². The van der Waals surface area contributed by atoms with Gasteiger partial charge in [0, 0.05) is 29.7 Å². The fourth-order valence-electron chi connectivity index (χ4n) is 9.87. The second-order valence-corrected chi connectivity index (χ2v) is 12.9. The van der Waals surface area contributed by atoms with Crippen molar-refractivity contribution in [3.8, 4) is 0 Å². The molecule has 10 heteroatoms. The van der Waals surface area contributed by atoms with Crippen LogP contribution in [0.1, 0.15) is 64.5 Å². The topological polar surface area (TPSA) is 156 Å². The van der Waals surface area contributed by atoms with Gasteiger partial charge in [0.05, 0.1) is 30.5 Å². The van der Waals surface area contributed by atoms with Gasteiger partial charge < -0.3 is 39.1 Å². The van der Waals surface area contributed by atoms with E-state index >= 15 is 0 Å². The summed E-state index contributed by atoms with van der Waals surface area (Å²) in [5.41, 5.74) is -8.32. The number of furan rings is 1. The second kappa shape index (κ2) is 6.18. The Labute approximate surface area is 207 Å². The van der Waals surface area contributed by atoms with Crippen LogP contribution < -0.4 is 0 Å². The number of carbonyl (C=O) groups is 2. The van der Waals surface area contributed by atoms with Gasteiger partial charge in [0.2, 0.25) is 5.79 Å². The van der Waals surface area contributed by atoms with Crippen molar-refractivity contribution >= 4 is 11.9 Å². The molecule has 4 saturated heterocycles. The lowest BCUT2D eigenvalue weighted by Gasteiger charge is -2.71. The van der Waals surface area contributed by atoms with Crippen molar-refractivity contribution in [2.75, 3.05) is 6.61 Å². The molecule has 2 spiro atoms. The van der Waals surface area contributed by atoms with Gasteiger partial charge >= 0.3 is 11.9 Å². The van der Waals surface area contributed by atoms with E-state index in [1.165, 1.54) is 12.5 Å². The van der Waals surface area contributed by atoms with Gasteiger partial charge in [-0.3, -0.25) is 9.59 Å². The molecular formula is C26H32O10. The Hall–Kier alpha value is -1.98. The fourth-order valence-corrected chi connectivity index (χ4v) is 9.87. The van der Waals surface area contributed by atoms with E-state index in [0.717, 1.165) is 0 Å². The zero-order valence-electron chi connectivity index (χ0n) is 20.5. The van der Waals surface area contributed by atoms with E-state index in [-0.39, 0.29) is 19.4 Å². The minimum Gasteiger partial charge on any atom is -0.472 e. The van der Waals surface area contributed by atoms with Crippen LogP contribution in [0.5, 0.6) is 0 Å². The minimum atomic E-state index is -2.29. The molecule has 36 heavy (non-hydrogen) atoms. The molecule has 10 nitrogen and oxygen atoms in total. The summed E-state index contributed by atoms with van der Waals surface area (Å²) in [4.78, 5) is 25.5. The monoisotopic (exact) mass is 504 g/mol. The first-order chi connectivity index (χ1) is 16.7. The Balaban J connectivity index is 1.47. The lowest BCUT2D eigenvalue weighted by molar-refractivity contribution is -0.388. The highest BCUT2D eigenvalue weighted by Crippen LogP contribution is 2.83. The molecule has 2 bridgehead atoms. The van der Waals surface area contributed by atoms with Crippen molar-refractivity contribution in [2.24, 2.45) is 28.1 Å². The van der Waals surface area contributed by atoms with Crippen LogP contribution in [-0.2, 0) is 23.8 Å². The zero-order chi connectivity index (χ0) is 25.7. The Morgan fingerprint density at radius 3 is 2.50 bits per heavy atom. The van der Waals surface area contributed by atoms with Gasteiger partial charge in [-0.15, -0.1) is 0 Å². The summed E-state index contributed by atoms with van der Waals surface area (Å²) >= 11 is 0. The SMILES string of the molecule is CC1(C)[C@@H]2CC(=O)OC[C@@]23[C@H]2CC[C@@]4(C)[C@H](c5ccoc5)OC(=O)C[C@@]4(O)[C@@]24C[C@@](O)([C@H]1O)[C@]3(O)O4. The number of fused-ring (bicyclic) bond motifs is 1. The molecule has 0 unspecified atom stereocenters. The third-order valence-electron chi connectivity index (χ3n) is 11.5. The number of rotatable bonds is 1. The number of hydrogen-bond acceptors (Lipinski definition) is 10. The van der Waals surface area contributed by atoms with E-state index in [1.807, 2.05) is 6.92 Å². The van der Waals surface area contributed by atoms with Crippen LogP contribution in [0.3, 0.4) is 0 Å². The van der Waals surface area contributed by atoms with Crippen LogP contribution in [0.15, 0.2) is 23.0 Å². The summed E-state index contributed by atoms with van der Waals surface area (Å²) in [6, 6.07) is 1.68. The first-order valence-corrected chi connectivity index (χ1v) is 12.7. The van der Waals surface area contributed by atoms with Crippen molar-refractivity contribution in [3.63, 3.8) is 0 Å². The van der Waals surface area contributed by atoms with Gasteiger partial charge in [0.1, 0.15) is 29.5 Å². The number of hydrogen-bond donors (Lipinski definition) is 4. The van der Waals surface area contributed by atoms with Crippen LogP contribution in [0.2, 0.25) is 0 Å². The highest BCUT2D eigenvalue weighted by Gasteiger charge is 2.95. The third-order valence-corrected chi connectivity index (χ3v) is 11.5. The summed E-state index contributed by atoms with van der Waals surface area (Å²) < 4.78 is 23.1. The number of esters is 2. The van der Waals surface area contributed by atoms with Crippen LogP contribution in [0.25, 0.3) is 0 Å². The first kappa shape index (κ1) is 23.2. The Kier molecular flexibility index (Phi) is 3.98. The molecule has 0 amide bonds. The molecule has 10 atom stereocenters. The van der Waals surface area contributed by atoms with Crippen LogP contribution in [-0.4, -0.2) is 67.7 Å². The quantitative estimate of drug-likeness (QED) is 0.406.